The maximum absolute atomic E-state index is 12.7. The van der Waals surface area contributed by atoms with Crippen LogP contribution in [0.25, 0.3) is 6.08 Å². The lowest BCUT2D eigenvalue weighted by Crippen LogP contribution is -2.23. The molecule has 9 heteroatoms. The van der Waals surface area contributed by atoms with Crippen LogP contribution in [-0.2, 0) is 11.4 Å². The fraction of sp³-hybridized carbons (Fsp3) is 0.0800. The Morgan fingerprint density at radius 1 is 1.15 bits per heavy atom. The largest absolute Gasteiger partial charge is 0.488 e. The number of thioether (sulfide) groups is 1. The summed E-state index contributed by atoms with van der Waals surface area (Å²) in [7, 11) is 1.66. The average Bonchev–Trinajstić information content (AvgIpc) is 3.07. The van der Waals surface area contributed by atoms with Crippen molar-refractivity contribution in [2.24, 2.45) is 4.99 Å². The molecule has 0 saturated carbocycles. The number of carbonyl (C=O) groups is 2. The molecule has 1 fully saturated rings. The summed E-state index contributed by atoms with van der Waals surface area (Å²) in [6, 6.07) is 20.0. The Bertz CT molecular complexity index is 1310. The minimum Gasteiger partial charge on any atom is -0.488 e. The van der Waals surface area contributed by atoms with Gasteiger partial charge < -0.3 is 9.84 Å². The number of aromatic carboxylic acids is 1. The fourth-order valence-corrected chi connectivity index (χ4v) is 4.92. The van der Waals surface area contributed by atoms with Gasteiger partial charge >= 0.3 is 5.97 Å². The second-order valence-electron chi connectivity index (χ2n) is 7.33. The first kappa shape index (κ1) is 24.5. The van der Waals surface area contributed by atoms with E-state index in [-0.39, 0.29) is 11.5 Å². The van der Waals surface area contributed by atoms with Crippen molar-refractivity contribution in [2.45, 2.75) is 6.61 Å². The SMILES string of the molecule is CN1C(=O)/C(=C/c2ccc(OCc3ccc(I)cc3)c(Br)c2)SC1=Nc1ccc(C(=O)O)cc1. The van der Waals surface area contributed by atoms with Crippen LogP contribution in [0.1, 0.15) is 21.5 Å². The van der Waals surface area contributed by atoms with E-state index in [0.717, 1.165) is 21.3 Å². The predicted molar refractivity (Wildman–Crippen MR) is 146 cm³/mol. The van der Waals surface area contributed by atoms with Crippen molar-refractivity contribution in [1.82, 2.24) is 4.90 Å². The Hall–Kier alpha value is -2.63. The normalized spacial score (nSPS) is 15.9. The summed E-state index contributed by atoms with van der Waals surface area (Å²) < 4.78 is 7.90. The zero-order valence-electron chi connectivity index (χ0n) is 17.9. The molecule has 1 N–H and O–H groups in total. The number of hydrogen-bond acceptors (Lipinski definition) is 5. The molecule has 1 aliphatic rings. The summed E-state index contributed by atoms with van der Waals surface area (Å²) in [5.74, 6) is -0.430. The number of ether oxygens (including phenoxy) is 1. The monoisotopic (exact) mass is 648 g/mol. The Morgan fingerprint density at radius 3 is 2.50 bits per heavy atom. The van der Waals surface area contributed by atoms with E-state index in [1.54, 1.807) is 19.2 Å². The molecule has 0 atom stereocenters. The van der Waals surface area contributed by atoms with Crippen molar-refractivity contribution in [3.63, 3.8) is 0 Å². The van der Waals surface area contributed by atoms with Gasteiger partial charge in [-0.1, -0.05) is 18.2 Å². The molecule has 3 aromatic rings. The first-order chi connectivity index (χ1) is 16.3. The molecule has 3 aromatic carbocycles. The number of benzene rings is 3. The molecule has 0 aliphatic carbocycles. The summed E-state index contributed by atoms with van der Waals surface area (Å²) in [4.78, 5) is 30.3. The summed E-state index contributed by atoms with van der Waals surface area (Å²) in [6.07, 6.45) is 1.81. The van der Waals surface area contributed by atoms with Crippen molar-refractivity contribution in [3.8, 4) is 5.75 Å². The van der Waals surface area contributed by atoms with Crippen LogP contribution in [0.5, 0.6) is 5.75 Å². The Morgan fingerprint density at radius 2 is 1.85 bits per heavy atom. The van der Waals surface area contributed by atoms with E-state index < -0.39 is 5.97 Å². The van der Waals surface area contributed by atoms with Gasteiger partial charge in [0.1, 0.15) is 12.4 Å². The molecular weight excluding hydrogens is 631 g/mol. The van der Waals surface area contributed by atoms with Crippen molar-refractivity contribution >= 4 is 79.1 Å². The quantitative estimate of drug-likeness (QED) is 0.242. The second kappa shape index (κ2) is 10.7. The lowest BCUT2D eigenvalue weighted by Gasteiger charge is -2.09. The predicted octanol–water partition coefficient (Wildman–Crippen LogP) is 6.56. The molecule has 0 bridgehead atoms. The number of nitrogens with zero attached hydrogens (tertiary/aromatic N) is 2. The number of aliphatic imine (C=N–C) groups is 1. The van der Waals surface area contributed by atoms with E-state index >= 15 is 0 Å². The van der Waals surface area contributed by atoms with Crippen molar-refractivity contribution in [3.05, 3.63) is 96.4 Å². The summed E-state index contributed by atoms with van der Waals surface area (Å²) in [6.45, 7) is 0.461. The highest BCUT2D eigenvalue weighted by atomic mass is 127. The summed E-state index contributed by atoms with van der Waals surface area (Å²) >= 11 is 7.10. The van der Waals surface area contributed by atoms with Gasteiger partial charge in [0.2, 0.25) is 0 Å². The van der Waals surface area contributed by atoms with Crippen molar-refractivity contribution in [1.29, 1.82) is 0 Å². The van der Waals surface area contributed by atoms with Gasteiger partial charge in [0, 0.05) is 10.6 Å². The van der Waals surface area contributed by atoms with Gasteiger partial charge in [-0.05, 0) is 116 Å². The molecule has 1 saturated heterocycles. The van der Waals surface area contributed by atoms with Crippen LogP contribution in [0.2, 0.25) is 0 Å². The third-order valence-corrected chi connectivity index (χ3v) is 7.30. The number of likely N-dealkylation sites (N-methyl/N-ethyl adjacent to an activating group) is 1. The van der Waals surface area contributed by atoms with Gasteiger partial charge in [-0.25, -0.2) is 9.79 Å². The maximum atomic E-state index is 12.7. The Kier molecular flexibility index (Phi) is 7.74. The molecule has 6 nitrogen and oxygen atoms in total. The molecule has 1 heterocycles. The number of amidine groups is 1. The first-order valence-corrected chi connectivity index (χ1v) is 12.8. The molecule has 0 aromatic heterocycles. The molecule has 0 unspecified atom stereocenters. The highest BCUT2D eigenvalue weighted by Crippen LogP contribution is 2.34. The van der Waals surface area contributed by atoms with Crippen LogP contribution in [0.15, 0.2) is 81.1 Å². The van der Waals surface area contributed by atoms with E-state index in [1.807, 2.05) is 48.5 Å². The Labute approximate surface area is 223 Å². The smallest absolute Gasteiger partial charge is 0.335 e. The number of halogens is 2. The van der Waals surface area contributed by atoms with Crippen molar-refractivity contribution < 1.29 is 19.4 Å². The maximum Gasteiger partial charge on any atom is 0.335 e. The van der Waals surface area contributed by atoms with Crippen LogP contribution in [0.4, 0.5) is 5.69 Å². The average molecular weight is 649 g/mol. The molecule has 172 valence electrons. The fourth-order valence-electron chi connectivity index (χ4n) is 3.06. The van der Waals surface area contributed by atoms with Gasteiger partial charge in [0.05, 0.1) is 20.6 Å². The van der Waals surface area contributed by atoms with E-state index in [2.05, 4.69) is 43.5 Å². The minimum absolute atomic E-state index is 0.152. The zero-order valence-corrected chi connectivity index (χ0v) is 22.4. The molecule has 0 spiro atoms. The third-order valence-electron chi connectivity index (χ3n) is 4.90. The van der Waals surface area contributed by atoms with Gasteiger partial charge in [0.15, 0.2) is 5.17 Å². The summed E-state index contributed by atoms with van der Waals surface area (Å²) in [5, 5.41) is 9.55. The lowest BCUT2D eigenvalue weighted by atomic mass is 10.2. The van der Waals surface area contributed by atoms with Crippen LogP contribution in [0.3, 0.4) is 0 Å². The van der Waals surface area contributed by atoms with Crippen LogP contribution >= 0.6 is 50.3 Å². The van der Waals surface area contributed by atoms with Crippen LogP contribution in [-0.4, -0.2) is 34.1 Å². The summed E-state index contributed by atoms with van der Waals surface area (Å²) in [5.41, 5.74) is 2.69. The number of carbonyl (C=O) groups excluding carboxylic acids is 1. The van der Waals surface area contributed by atoms with E-state index in [0.29, 0.717) is 22.4 Å². The van der Waals surface area contributed by atoms with Gasteiger partial charge in [-0.3, -0.25) is 9.69 Å². The molecular formula is C25H18BrIN2O4S. The van der Waals surface area contributed by atoms with Gasteiger partial charge in [-0.2, -0.15) is 0 Å². The van der Waals surface area contributed by atoms with E-state index in [1.165, 1.54) is 32.4 Å². The number of rotatable bonds is 6. The number of amides is 1. The number of carboxylic acids is 1. The molecule has 1 amide bonds. The molecule has 0 radical (unpaired) electrons. The van der Waals surface area contributed by atoms with Crippen LogP contribution < -0.4 is 4.74 Å². The second-order valence-corrected chi connectivity index (χ2v) is 10.4. The van der Waals surface area contributed by atoms with Gasteiger partial charge in [-0.15, -0.1) is 0 Å². The molecule has 34 heavy (non-hydrogen) atoms. The zero-order chi connectivity index (χ0) is 24.2. The topological polar surface area (TPSA) is 79.2 Å². The highest BCUT2D eigenvalue weighted by Gasteiger charge is 2.30. The number of carboxylic acid groups (broad SMARTS) is 1. The van der Waals surface area contributed by atoms with Crippen LogP contribution in [0, 0.1) is 3.57 Å². The van der Waals surface area contributed by atoms with E-state index in [9.17, 15) is 9.59 Å². The minimum atomic E-state index is -0.996. The van der Waals surface area contributed by atoms with Gasteiger partial charge in [0.25, 0.3) is 5.91 Å². The first-order valence-electron chi connectivity index (χ1n) is 10.1. The van der Waals surface area contributed by atoms with E-state index in [4.69, 9.17) is 9.84 Å². The molecule has 1 aliphatic heterocycles. The Balaban J connectivity index is 1.47. The van der Waals surface area contributed by atoms with Crippen molar-refractivity contribution in [2.75, 3.05) is 7.05 Å². The standard InChI is InChI=1S/C25H18BrIN2O4S/c1-29-23(30)22(34-25(29)28-19-9-5-17(6-10-19)24(31)32)13-16-4-11-21(20(26)12-16)33-14-15-2-7-18(27)8-3-15/h2-13H,14H2,1H3,(H,31,32)/b22-13-,28-25?. The third kappa shape index (κ3) is 5.89. The lowest BCUT2D eigenvalue weighted by molar-refractivity contribution is -0.121. The number of hydrogen-bond donors (Lipinski definition) is 1. The highest BCUT2D eigenvalue weighted by molar-refractivity contribution is 14.1. The molecule has 4 rings (SSSR count).